The number of hydrogen-bond donors (Lipinski definition) is 1. The molecule has 1 atom stereocenters. The number of amides is 1. The Morgan fingerprint density at radius 3 is 2.49 bits per heavy atom. The number of fused-ring (bicyclic) bond motifs is 1. The number of pyridine rings is 1. The van der Waals surface area contributed by atoms with Gasteiger partial charge in [0, 0.05) is 43.3 Å². The Morgan fingerprint density at radius 2 is 1.83 bits per heavy atom. The van der Waals surface area contributed by atoms with Crippen LogP contribution in [0.3, 0.4) is 0 Å². The second kappa shape index (κ2) is 10.0. The van der Waals surface area contributed by atoms with Gasteiger partial charge in [0.25, 0.3) is 5.91 Å². The van der Waals surface area contributed by atoms with Crippen LogP contribution < -0.4 is 5.62 Å². The minimum atomic E-state index is -4.68. The van der Waals surface area contributed by atoms with Gasteiger partial charge in [-0.15, -0.1) is 0 Å². The number of nitrogens with zero attached hydrogens (tertiary/aromatic N) is 4. The molecule has 10 heteroatoms. The van der Waals surface area contributed by atoms with E-state index in [1.165, 1.54) is 18.2 Å². The minimum absolute atomic E-state index is 0.0728. The molecule has 0 spiro atoms. The second-order valence-electron chi connectivity index (χ2n) is 11.0. The van der Waals surface area contributed by atoms with Crippen molar-refractivity contribution < 1.29 is 22.4 Å². The van der Waals surface area contributed by atoms with Gasteiger partial charge in [-0.05, 0) is 84.2 Å². The van der Waals surface area contributed by atoms with Crippen molar-refractivity contribution in [1.29, 1.82) is 5.41 Å². The van der Waals surface area contributed by atoms with Crippen LogP contribution >= 0.6 is 0 Å². The third kappa shape index (κ3) is 4.96. The van der Waals surface area contributed by atoms with Crippen LogP contribution in [0.1, 0.15) is 57.2 Å². The van der Waals surface area contributed by atoms with E-state index in [-0.39, 0.29) is 41.4 Å². The molecule has 0 saturated heterocycles. The molecule has 212 valence electrons. The number of imidazole rings is 1. The van der Waals surface area contributed by atoms with Crippen molar-refractivity contribution >= 4 is 5.91 Å². The van der Waals surface area contributed by atoms with Gasteiger partial charge in [0.15, 0.2) is 5.69 Å². The number of aryl methyl sites for hydroxylation is 2. The second-order valence-corrected chi connectivity index (χ2v) is 11.0. The molecule has 0 unspecified atom stereocenters. The van der Waals surface area contributed by atoms with Crippen LogP contribution in [0.4, 0.5) is 17.6 Å². The summed E-state index contributed by atoms with van der Waals surface area (Å²) in [6.45, 7) is 2.24. The highest BCUT2D eigenvalue weighted by Gasteiger charge is 2.42. The summed E-state index contributed by atoms with van der Waals surface area (Å²) in [5.74, 6) is -0.319. The van der Waals surface area contributed by atoms with Gasteiger partial charge in [-0.2, -0.15) is 13.2 Å². The molecule has 1 aliphatic carbocycles. The van der Waals surface area contributed by atoms with E-state index >= 15 is 0 Å². The lowest BCUT2D eigenvalue weighted by Crippen LogP contribution is -2.41. The molecule has 1 saturated carbocycles. The average Bonchev–Trinajstić information content (AvgIpc) is 3.73. The lowest BCUT2D eigenvalue weighted by atomic mass is 9.86. The maximum absolute atomic E-state index is 14.2. The number of nitrogens with one attached hydrogen (secondary N) is 1. The maximum Gasteiger partial charge on any atom is 0.433 e. The molecule has 0 radical (unpaired) electrons. The summed E-state index contributed by atoms with van der Waals surface area (Å²) >= 11 is 0. The smallest absolute Gasteiger partial charge is 0.331 e. The fourth-order valence-corrected chi connectivity index (χ4v) is 5.94. The van der Waals surface area contributed by atoms with Gasteiger partial charge in [-0.3, -0.25) is 15.2 Å². The molecule has 4 aromatic rings. The van der Waals surface area contributed by atoms with E-state index in [0.717, 1.165) is 24.6 Å². The first-order valence-electron chi connectivity index (χ1n) is 13.5. The molecule has 41 heavy (non-hydrogen) atoms. The van der Waals surface area contributed by atoms with Gasteiger partial charge >= 0.3 is 6.18 Å². The number of benzene rings is 2. The molecule has 1 N–H and O–H groups in total. The zero-order valence-corrected chi connectivity index (χ0v) is 22.7. The summed E-state index contributed by atoms with van der Waals surface area (Å²) in [5.41, 5.74) is 2.36. The fourth-order valence-electron chi connectivity index (χ4n) is 5.94. The van der Waals surface area contributed by atoms with Crippen LogP contribution in [0.15, 0.2) is 61.1 Å². The lowest BCUT2D eigenvalue weighted by molar-refractivity contribution is -0.140. The monoisotopic (exact) mass is 563 g/mol. The fraction of sp³-hybridized carbons (Fsp3) is 0.323. The summed E-state index contributed by atoms with van der Waals surface area (Å²) in [6, 6.07) is 11.0. The standard InChI is InChI=1S/C31H29F4N5O/c1-18-14-21(7-8-26(18)32)27(20-5-6-20)40-11-9-22-24(23-4-3-10-37-28(23)31(33,34)35)15-19(16-25(22)29(40)41)17-39-13-12-38(2)30(39)36/h3-4,7-8,10,12-16,20,27,36H,5-6,9,11,17H2,1-2H3/t27-/m0/s1. The quantitative estimate of drug-likeness (QED) is 0.291. The Kier molecular flexibility index (Phi) is 6.59. The Bertz CT molecular complexity index is 1720. The van der Waals surface area contributed by atoms with Crippen LogP contribution in [0.5, 0.6) is 0 Å². The van der Waals surface area contributed by atoms with Crippen molar-refractivity contribution in [2.24, 2.45) is 13.0 Å². The van der Waals surface area contributed by atoms with Gasteiger partial charge in [0.1, 0.15) is 5.82 Å². The molecule has 0 bridgehead atoms. The summed E-state index contributed by atoms with van der Waals surface area (Å²) in [4.78, 5) is 19.7. The van der Waals surface area contributed by atoms with Crippen molar-refractivity contribution in [3.63, 3.8) is 0 Å². The Balaban J connectivity index is 1.49. The zero-order valence-electron chi connectivity index (χ0n) is 22.7. The number of alkyl halides is 3. The Morgan fingerprint density at radius 1 is 1.07 bits per heavy atom. The zero-order chi connectivity index (χ0) is 29.1. The van der Waals surface area contributed by atoms with Gasteiger partial charge in [-0.25, -0.2) is 4.39 Å². The van der Waals surface area contributed by atoms with E-state index in [0.29, 0.717) is 40.8 Å². The van der Waals surface area contributed by atoms with Gasteiger partial charge in [0.05, 0.1) is 12.6 Å². The van der Waals surface area contributed by atoms with Crippen LogP contribution in [0, 0.1) is 24.1 Å². The summed E-state index contributed by atoms with van der Waals surface area (Å²) in [7, 11) is 1.74. The van der Waals surface area contributed by atoms with Gasteiger partial charge in [-0.1, -0.05) is 18.2 Å². The number of carbonyl (C=O) groups is 1. The van der Waals surface area contributed by atoms with Crippen molar-refractivity contribution in [1.82, 2.24) is 19.0 Å². The summed E-state index contributed by atoms with van der Waals surface area (Å²) in [6.07, 6.45) is 2.16. The predicted molar refractivity (Wildman–Crippen MR) is 144 cm³/mol. The van der Waals surface area contributed by atoms with Crippen LogP contribution in [0.25, 0.3) is 11.1 Å². The third-order valence-electron chi connectivity index (χ3n) is 8.13. The molecule has 6 rings (SSSR count). The molecule has 6 nitrogen and oxygen atoms in total. The van der Waals surface area contributed by atoms with E-state index in [1.54, 1.807) is 64.7 Å². The first-order valence-corrected chi connectivity index (χ1v) is 13.5. The number of rotatable bonds is 6. The number of carbonyl (C=O) groups excluding carboxylic acids is 1. The third-order valence-corrected chi connectivity index (χ3v) is 8.13. The summed E-state index contributed by atoms with van der Waals surface area (Å²) < 4.78 is 59.6. The molecule has 2 aliphatic rings. The van der Waals surface area contributed by atoms with Crippen molar-refractivity contribution in [2.45, 2.75) is 44.9 Å². The largest absolute Gasteiger partial charge is 0.433 e. The van der Waals surface area contributed by atoms with E-state index in [2.05, 4.69) is 4.98 Å². The Hall–Kier alpha value is -4.21. The molecule has 1 amide bonds. The van der Waals surface area contributed by atoms with E-state index < -0.39 is 11.9 Å². The van der Waals surface area contributed by atoms with Gasteiger partial charge in [0.2, 0.25) is 5.62 Å². The van der Waals surface area contributed by atoms with E-state index in [1.807, 2.05) is 0 Å². The molecule has 1 aliphatic heterocycles. The molecule has 2 aromatic carbocycles. The number of aromatic nitrogens is 3. The van der Waals surface area contributed by atoms with E-state index in [9.17, 15) is 22.4 Å². The summed E-state index contributed by atoms with van der Waals surface area (Å²) in [5, 5.41) is 8.32. The minimum Gasteiger partial charge on any atom is -0.331 e. The average molecular weight is 564 g/mol. The van der Waals surface area contributed by atoms with Crippen LogP contribution in [-0.4, -0.2) is 31.5 Å². The molecule has 1 fully saturated rings. The van der Waals surface area contributed by atoms with Crippen molar-refractivity contribution in [3.05, 3.63) is 106 Å². The maximum atomic E-state index is 14.2. The van der Waals surface area contributed by atoms with Crippen molar-refractivity contribution in [2.75, 3.05) is 6.54 Å². The molecular weight excluding hydrogens is 534 g/mol. The molecular formula is C31H29F4N5O. The SMILES string of the molecule is Cc1cc([C@H](C2CC2)N2CCc3c(cc(Cn4ccn(C)c4=N)cc3-c3cccnc3C(F)(F)F)C2=O)ccc1F. The molecule has 2 aromatic heterocycles. The topological polar surface area (TPSA) is 66.9 Å². The Labute approximate surface area is 234 Å². The highest BCUT2D eigenvalue weighted by molar-refractivity contribution is 5.99. The lowest BCUT2D eigenvalue weighted by Gasteiger charge is -2.37. The molecule has 3 heterocycles. The van der Waals surface area contributed by atoms with Crippen LogP contribution in [0.2, 0.25) is 0 Å². The number of hydrogen-bond acceptors (Lipinski definition) is 3. The normalized spacial score (nSPS) is 16.1. The highest BCUT2D eigenvalue weighted by atomic mass is 19.4. The number of halogens is 4. The highest BCUT2D eigenvalue weighted by Crippen LogP contribution is 2.47. The first kappa shape index (κ1) is 27.0. The predicted octanol–water partition coefficient (Wildman–Crippen LogP) is 6.03. The van der Waals surface area contributed by atoms with E-state index in [4.69, 9.17) is 5.41 Å². The van der Waals surface area contributed by atoms with Crippen molar-refractivity contribution in [3.8, 4) is 11.1 Å². The van der Waals surface area contributed by atoms with Gasteiger partial charge < -0.3 is 14.0 Å². The van der Waals surface area contributed by atoms with Crippen LogP contribution in [-0.2, 0) is 26.2 Å². The first-order chi connectivity index (χ1) is 19.5.